The van der Waals surface area contributed by atoms with Gasteiger partial charge in [0.25, 0.3) is 0 Å². The summed E-state index contributed by atoms with van der Waals surface area (Å²) < 4.78 is 16.2. The number of hydrogen-bond acceptors (Lipinski definition) is 5. The van der Waals surface area contributed by atoms with Crippen LogP contribution in [0, 0.1) is 6.92 Å². The average Bonchev–Trinajstić information content (AvgIpc) is 2.72. The van der Waals surface area contributed by atoms with Crippen LogP contribution in [0.25, 0.3) is 11.0 Å². The molecule has 1 heterocycles. The van der Waals surface area contributed by atoms with E-state index in [9.17, 15) is 9.59 Å². The summed E-state index contributed by atoms with van der Waals surface area (Å²) in [5.74, 6) is 1.31. The predicted octanol–water partition coefficient (Wildman–Crippen LogP) is 4.15. The number of fused-ring (bicyclic) bond motifs is 1. The lowest BCUT2D eigenvalue weighted by Gasteiger charge is -2.11. The van der Waals surface area contributed by atoms with Gasteiger partial charge in [-0.25, -0.2) is 4.79 Å². The van der Waals surface area contributed by atoms with Crippen molar-refractivity contribution in [1.29, 1.82) is 0 Å². The van der Waals surface area contributed by atoms with Crippen LogP contribution in [0.5, 0.6) is 11.5 Å². The maximum Gasteiger partial charge on any atom is 0.339 e. The Hall–Kier alpha value is -3.28. The van der Waals surface area contributed by atoms with E-state index in [4.69, 9.17) is 13.9 Å². The van der Waals surface area contributed by atoms with Crippen molar-refractivity contribution in [2.24, 2.45) is 0 Å². The van der Waals surface area contributed by atoms with Crippen LogP contribution in [0.15, 0.2) is 51.7 Å². The predicted molar refractivity (Wildman–Crippen MR) is 116 cm³/mol. The molecule has 0 saturated heterocycles. The fraction of sp³-hybridized carbons (Fsp3) is 0.333. The van der Waals surface area contributed by atoms with E-state index in [-0.39, 0.29) is 18.4 Å². The number of nitrogens with one attached hydrogen (secondary N) is 1. The van der Waals surface area contributed by atoms with Gasteiger partial charge in [-0.3, -0.25) is 4.79 Å². The molecule has 3 aromatic rings. The SMILES string of the molecule is COc1ccc2c(C)c(CCC(=O)NCc3ccc(OC(C)C)cc3)c(=O)oc2c1. The number of carbonyl (C=O) groups excluding carboxylic acids is 1. The number of rotatable bonds is 8. The highest BCUT2D eigenvalue weighted by molar-refractivity contribution is 5.82. The zero-order valence-corrected chi connectivity index (χ0v) is 17.8. The second-order valence-electron chi connectivity index (χ2n) is 7.44. The van der Waals surface area contributed by atoms with Crippen molar-refractivity contribution in [2.75, 3.05) is 7.11 Å². The largest absolute Gasteiger partial charge is 0.497 e. The van der Waals surface area contributed by atoms with Gasteiger partial charge >= 0.3 is 5.63 Å². The molecule has 1 N–H and O–H groups in total. The molecule has 1 aromatic heterocycles. The van der Waals surface area contributed by atoms with Gasteiger partial charge < -0.3 is 19.2 Å². The summed E-state index contributed by atoms with van der Waals surface area (Å²) in [7, 11) is 1.56. The fourth-order valence-electron chi connectivity index (χ4n) is 3.28. The molecule has 0 atom stereocenters. The number of benzene rings is 2. The number of aryl methyl sites for hydroxylation is 1. The minimum atomic E-state index is -0.415. The maximum absolute atomic E-state index is 12.4. The molecule has 6 heteroatoms. The van der Waals surface area contributed by atoms with E-state index in [1.807, 2.05) is 57.2 Å². The van der Waals surface area contributed by atoms with E-state index in [0.29, 0.717) is 29.9 Å². The van der Waals surface area contributed by atoms with Gasteiger partial charge in [0.15, 0.2) is 0 Å². The van der Waals surface area contributed by atoms with Gasteiger partial charge in [-0.05, 0) is 62.6 Å². The molecule has 0 unspecified atom stereocenters. The molecule has 158 valence electrons. The Labute approximate surface area is 175 Å². The third-order valence-electron chi connectivity index (χ3n) is 4.88. The minimum absolute atomic E-state index is 0.119. The third kappa shape index (κ3) is 5.20. The summed E-state index contributed by atoms with van der Waals surface area (Å²) in [5.41, 5.74) is 2.40. The van der Waals surface area contributed by atoms with Crippen molar-refractivity contribution in [3.05, 3.63) is 69.6 Å². The molecule has 2 aromatic carbocycles. The fourth-order valence-corrected chi connectivity index (χ4v) is 3.28. The van der Waals surface area contributed by atoms with E-state index in [0.717, 1.165) is 22.3 Å². The van der Waals surface area contributed by atoms with E-state index >= 15 is 0 Å². The van der Waals surface area contributed by atoms with E-state index < -0.39 is 5.63 Å². The van der Waals surface area contributed by atoms with Crippen molar-refractivity contribution in [1.82, 2.24) is 5.32 Å². The Bertz CT molecular complexity index is 1080. The standard InChI is InChI=1S/C24H27NO5/c1-15(2)29-18-7-5-17(6-8-18)14-25-23(26)12-11-21-16(3)20-10-9-19(28-4)13-22(20)30-24(21)27/h5-10,13,15H,11-12,14H2,1-4H3,(H,25,26). The first-order valence-electron chi connectivity index (χ1n) is 10.00. The Morgan fingerprint density at radius 1 is 1.10 bits per heavy atom. The summed E-state index contributed by atoms with van der Waals surface area (Å²) in [6, 6.07) is 13.0. The molecule has 0 aliphatic rings. The van der Waals surface area contributed by atoms with Crippen molar-refractivity contribution in [3.8, 4) is 11.5 Å². The molecule has 3 rings (SSSR count). The van der Waals surface area contributed by atoms with Crippen molar-refractivity contribution in [2.45, 2.75) is 46.3 Å². The molecule has 6 nitrogen and oxygen atoms in total. The summed E-state index contributed by atoms with van der Waals surface area (Å²) in [4.78, 5) is 24.7. The van der Waals surface area contributed by atoms with Gasteiger partial charge in [-0.15, -0.1) is 0 Å². The monoisotopic (exact) mass is 409 g/mol. The zero-order valence-electron chi connectivity index (χ0n) is 17.8. The number of amides is 1. The molecule has 0 fully saturated rings. The molecule has 0 aliphatic heterocycles. The van der Waals surface area contributed by atoms with Crippen LogP contribution in [0.4, 0.5) is 0 Å². The molecule has 0 radical (unpaired) electrons. The van der Waals surface area contributed by atoms with E-state index in [1.54, 1.807) is 13.2 Å². The van der Waals surface area contributed by atoms with E-state index in [1.165, 1.54) is 0 Å². The number of methoxy groups -OCH3 is 1. The van der Waals surface area contributed by atoms with Crippen LogP contribution in [-0.4, -0.2) is 19.1 Å². The first kappa shape index (κ1) is 21.4. The van der Waals surface area contributed by atoms with E-state index in [2.05, 4.69) is 5.32 Å². The highest BCUT2D eigenvalue weighted by Crippen LogP contribution is 2.24. The van der Waals surface area contributed by atoms with Crippen molar-refractivity contribution in [3.63, 3.8) is 0 Å². The Kier molecular flexibility index (Phi) is 6.77. The molecule has 0 saturated carbocycles. The van der Waals surface area contributed by atoms with Crippen molar-refractivity contribution >= 4 is 16.9 Å². The van der Waals surface area contributed by atoms with Gasteiger partial charge in [-0.2, -0.15) is 0 Å². The summed E-state index contributed by atoms with van der Waals surface area (Å²) in [5, 5.41) is 3.73. The van der Waals surface area contributed by atoms with Crippen LogP contribution in [-0.2, 0) is 17.8 Å². The van der Waals surface area contributed by atoms with Crippen LogP contribution in [0.1, 0.15) is 37.0 Å². The van der Waals surface area contributed by atoms with Gasteiger partial charge in [0.05, 0.1) is 13.2 Å². The lowest BCUT2D eigenvalue weighted by molar-refractivity contribution is -0.121. The van der Waals surface area contributed by atoms with Crippen LogP contribution in [0.3, 0.4) is 0 Å². The summed E-state index contributed by atoms with van der Waals surface area (Å²) >= 11 is 0. The first-order chi connectivity index (χ1) is 14.4. The Balaban J connectivity index is 1.60. The quantitative estimate of drug-likeness (QED) is 0.566. The Morgan fingerprint density at radius 2 is 1.80 bits per heavy atom. The minimum Gasteiger partial charge on any atom is -0.497 e. The van der Waals surface area contributed by atoms with Crippen LogP contribution >= 0.6 is 0 Å². The smallest absolute Gasteiger partial charge is 0.339 e. The second kappa shape index (κ2) is 9.48. The first-order valence-corrected chi connectivity index (χ1v) is 10.00. The molecule has 1 amide bonds. The lowest BCUT2D eigenvalue weighted by Crippen LogP contribution is -2.24. The van der Waals surface area contributed by atoms with Crippen LogP contribution in [0.2, 0.25) is 0 Å². The van der Waals surface area contributed by atoms with Crippen LogP contribution < -0.4 is 20.4 Å². The van der Waals surface area contributed by atoms with Gasteiger partial charge in [-0.1, -0.05) is 12.1 Å². The highest BCUT2D eigenvalue weighted by atomic mass is 16.5. The summed E-state index contributed by atoms with van der Waals surface area (Å²) in [6.45, 7) is 6.25. The molecule has 0 bridgehead atoms. The lowest BCUT2D eigenvalue weighted by atomic mass is 10.0. The molecular formula is C24H27NO5. The Morgan fingerprint density at radius 3 is 2.47 bits per heavy atom. The number of hydrogen-bond donors (Lipinski definition) is 1. The molecule has 30 heavy (non-hydrogen) atoms. The molecule has 0 aliphatic carbocycles. The maximum atomic E-state index is 12.4. The second-order valence-corrected chi connectivity index (χ2v) is 7.44. The highest BCUT2D eigenvalue weighted by Gasteiger charge is 2.13. The summed E-state index contributed by atoms with van der Waals surface area (Å²) in [6.07, 6.45) is 0.652. The molecular weight excluding hydrogens is 382 g/mol. The zero-order chi connectivity index (χ0) is 21.7. The normalized spacial score (nSPS) is 11.0. The number of ether oxygens (including phenoxy) is 2. The van der Waals surface area contributed by atoms with Gasteiger partial charge in [0.2, 0.25) is 5.91 Å². The molecule has 0 spiro atoms. The van der Waals surface area contributed by atoms with Crippen molar-refractivity contribution < 1.29 is 18.7 Å². The van der Waals surface area contributed by atoms with Gasteiger partial charge in [0, 0.05) is 30.0 Å². The van der Waals surface area contributed by atoms with Gasteiger partial charge in [0.1, 0.15) is 17.1 Å². The third-order valence-corrected chi connectivity index (χ3v) is 4.88. The average molecular weight is 409 g/mol. The topological polar surface area (TPSA) is 77.8 Å². The number of carbonyl (C=O) groups is 1.